The first-order chi connectivity index (χ1) is 6.65. The fourth-order valence-electron chi connectivity index (χ4n) is 0.943. The Hall–Kier alpha value is -1.39. The zero-order chi connectivity index (χ0) is 11.9. The van der Waals surface area contributed by atoms with Gasteiger partial charge in [-0.05, 0) is 27.7 Å². The molecule has 1 heterocycles. The van der Waals surface area contributed by atoms with E-state index in [1.807, 2.05) is 0 Å². The molecular weight excluding hydrogens is 201 g/mol. The number of aromatic nitrogens is 1. The normalized spacial score (nSPS) is 12.9. The first-order valence-electron chi connectivity index (χ1n) is 4.54. The zero-order valence-corrected chi connectivity index (χ0v) is 9.17. The minimum Gasteiger partial charge on any atom is -0.481 e. The van der Waals surface area contributed by atoms with Crippen molar-refractivity contribution in [3.05, 3.63) is 17.8 Å². The smallest absolute Gasteiger partial charge is 0.315 e. The quantitative estimate of drug-likeness (QED) is 0.839. The van der Waals surface area contributed by atoms with Crippen molar-refractivity contribution in [2.45, 2.75) is 38.8 Å². The lowest BCUT2D eigenvalue weighted by Gasteiger charge is -2.15. The van der Waals surface area contributed by atoms with Crippen LogP contribution in [0.3, 0.4) is 0 Å². The molecular formula is C10H14FNO3. The number of oxazole rings is 1. The number of hydrogen-bond donors (Lipinski definition) is 1. The topological polar surface area (TPSA) is 63.3 Å². The van der Waals surface area contributed by atoms with Crippen LogP contribution in [-0.2, 0) is 15.9 Å². The summed E-state index contributed by atoms with van der Waals surface area (Å²) in [5.41, 5.74) is -2.66. The van der Waals surface area contributed by atoms with E-state index in [-0.39, 0.29) is 11.6 Å². The van der Waals surface area contributed by atoms with Crippen LogP contribution in [0.15, 0.2) is 10.7 Å². The lowest BCUT2D eigenvalue weighted by Crippen LogP contribution is -2.29. The van der Waals surface area contributed by atoms with Gasteiger partial charge in [-0.25, -0.2) is 9.37 Å². The van der Waals surface area contributed by atoms with E-state index in [9.17, 15) is 9.18 Å². The molecule has 0 aliphatic carbocycles. The summed E-state index contributed by atoms with van der Waals surface area (Å²) in [4.78, 5) is 14.8. The van der Waals surface area contributed by atoms with E-state index in [1.165, 1.54) is 34.0 Å². The van der Waals surface area contributed by atoms with Gasteiger partial charge in [0, 0.05) is 0 Å². The van der Waals surface area contributed by atoms with Crippen LogP contribution in [0.1, 0.15) is 39.3 Å². The standard InChI is InChI=1S/C10H14FNO3/c1-9(2,8(13)14)6-5-15-7(12-6)10(3,4)11/h5H,1-4H3,(H,13,14). The minimum absolute atomic E-state index is 0.105. The SMILES string of the molecule is CC(C)(F)c1nc(C(C)(C)C(=O)O)co1. The summed E-state index contributed by atoms with van der Waals surface area (Å²) in [6.07, 6.45) is 1.19. The van der Waals surface area contributed by atoms with Gasteiger partial charge in [0.2, 0.25) is 5.89 Å². The third kappa shape index (κ3) is 2.16. The highest BCUT2D eigenvalue weighted by atomic mass is 19.1. The van der Waals surface area contributed by atoms with Crippen molar-refractivity contribution in [3.63, 3.8) is 0 Å². The van der Waals surface area contributed by atoms with Gasteiger partial charge in [-0.2, -0.15) is 0 Å². The molecule has 1 aromatic rings. The first kappa shape index (κ1) is 11.7. The van der Waals surface area contributed by atoms with Crippen LogP contribution < -0.4 is 0 Å². The molecule has 0 saturated heterocycles. The second-order valence-corrected chi connectivity index (χ2v) is 4.44. The molecule has 0 radical (unpaired) electrons. The molecule has 0 bridgehead atoms. The minimum atomic E-state index is -1.70. The predicted octanol–water partition coefficient (Wildman–Crippen LogP) is 2.24. The van der Waals surface area contributed by atoms with Gasteiger partial charge in [-0.3, -0.25) is 4.79 Å². The third-order valence-corrected chi connectivity index (χ3v) is 2.19. The highest BCUT2D eigenvalue weighted by molar-refractivity contribution is 5.79. The average Bonchev–Trinajstić information content (AvgIpc) is 2.50. The van der Waals surface area contributed by atoms with Crippen LogP contribution in [0.25, 0.3) is 0 Å². The van der Waals surface area contributed by atoms with Crippen molar-refractivity contribution < 1.29 is 18.7 Å². The summed E-state index contributed by atoms with van der Waals surface area (Å²) < 4.78 is 18.3. The Morgan fingerprint density at radius 2 is 2.00 bits per heavy atom. The van der Waals surface area contributed by atoms with Crippen molar-refractivity contribution in [3.8, 4) is 0 Å². The molecule has 0 aromatic carbocycles. The Balaban J connectivity index is 3.10. The number of halogens is 1. The highest BCUT2D eigenvalue weighted by Crippen LogP contribution is 2.28. The van der Waals surface area contributed by atoms with Gasteiger partial charge < -0.3 is 9.52 Å². The van der Waals surface area contributed by atoms with Gasteiger partial charge >= 0.3 is 5.97 Å². The Kier molecular flexibility index (Phi) is 2.59. The molecule has 0 aliphatic rings. The van der Waals surface area contributed by atoms with Gasteiger partial charge in [-0.15, -0.1) is 0 Å². The van der Waals surface area contributed by atoms with E-state index in [0.717, 1.165) is 0 Å². The second kappa shape index (κ2) is 3.32. The molecule has 1 N–H and O–H groups in total. The van der Waals surface area contributed by atoms with Crippen molar-refractivity contribution in [2.24, 2.45) is 0 Å². The van der Waals surface area contributed by atoms with Crippen molar-refractivity contribution in [1.29, 1.82) is 0 Å². The molecule has 0 fully saturated rings. The van der Waals surface area contributed by atoms with E-state index in [0.29, 0.717) is 0 Å². The Morgan fingerprint density at radius 1 is 1.47 bits per heavy atom. The van der Waals surface area contributed by atoms with Crippen LogP contribution >= 0.6 is 0 Å². The van der Waals surface area contributed by atoms with E-state index in [2.05, 4.69) is 4.98 Å². The number of nitrogens with zero attached hydrogens (tertiary/aromatic N) is 1. The molecule has 0 unspecified atom stereocenters. The number of carbonyl (C=O) groups is 1. The Morgan fingerprint density at radius 3 is 2.33 bits per heavy atom. The van der Waals surface area contributed by atoms with Gasteiger partial charge in [-0.1, -0.05) is 0 Å². The van der Waals surface area contributed by atoms with Gasteiger partial charge in [0.1, 0.15) is 11.7 Å². The third-order valence-electron chi connectivity index (χ3n) is 2.19. The van der Waals surface area contributed by atoms with E-state index >= 15 is 0 Å². The highest BCUT2D eigenvalue weighted by Gasteiger charge is 2.35. The number of carboxylic acids is 1. The first-order valence-corrected chi connectivity index (χ1v) is 4.54. The second-order valence-electron chi connectivity index (χ2n) is 4.44. The summed E-state index contributed by atoms with van der Waals surface area (Å²) in [6.45, 7) is 5.58. The monoisotopic (exact) mass is 215 g/mol. The molecule has 15 heavy (non-hydrogen) atoms. The van der Waals surface area contributed by atoms with Crippen LogP contribution in [-0.4, -0.2) is 16.1 Å². The van der Waals surface area contributed by atoms with E-state index in [1.54, 1.807) is 0 Å². The molecule has 4 nitrogen and oxygen atoms in total. The predicted molar refractivity (Wildman–Crippen MR) is 51.3 cm³/mol. The van der Waals surface area contributed by atoms with Gasteiger partial charge in [0.25, 0.3) is 0 Å². The van der Waals surface area contributed by atoms with Crippen LogP contribution in [0, 0.1) is 0 Å². The zero-order valence-electron chi connectivity index (χ0n) is 9.17. The maximum absolute atomic E-state index is 13.4. The maximum atomic E-state index is 13.4. The van der Waals surface area contributed by atoms with Gasteiger partial charge in [0.15, 0.2) is 5.67 Å². The van der Waals surface area contributed by atoms with Crippen molar-refractivity contribution >= 4 is 5.97 Å². The summed E-state index contributed by atoms with van der Waals surface area (Å²) in [5.74, 6) is -1.13. The maximum Gasteiger partial charge on any atom is 0.315 e. The number of alkyl halides is 1. The van der Waals surface area contributed by atoms with Crippen molar-refractivity contribution in [1.82, 2.24) is 4.98 Å². The van der Waals surface area contributed by atoms with Crippen LogP contribution in [0.2, 0.25) is 0 Å². The average molecular weight is 215 g/mol. The Bertz CT molecular complexity index is 376. The molecule has 84 valence electrons. The summed E-state index contributed by atoms with van der Waals surface area (Å²) in [5, 5.41) is 8.93. The van der Waals surface area contributed by atoms with Gasteiger partial charge in [0.05, 0.1) is 5.69 Å². The van der Waals surface area contributed by atoms with Crippen LogP contribution in [0.5, 0.6) is 0 Å². The lowest BCUT2D eigenvalue weighted by molar-refractivity contribution is -0.142. The summed E-state index contributed by atoms with van der Waals surface area (Å²) >= 11 is 0. The van der Waals surface area contributed by atoms with Crippen molar-refractivity contribution in [2.75, 3.05) is 0 Å². The molecule has 1 rings (SSSR count). The molecule has 0 saturated carbocycles. The van der Waals surface area contributed by atoms with E-state index in [4.69, 9.17) is 9.52 Å². The molecule has 0 atom stereocenters. The lowest BCUT2D eigenvalue weighted by atomic mass is 9.90. The van der Waals surface area contributed by atoms with Crippen LogP contribution in [0.4, 0.5) is 4.39 Å². The summed E-state index contributed by atoms with van der Waals surface area (Å²) in [7, 11) is 0. The Labute approximate surface area is 87.1 Å². The number of carboxylic acid groups (broad SMARTS) is 1. The molecule has 0 amide bonds. The largest absolute Gasteiger partial charge is 0.481 e. The molecule has 0 spiro atoms. The number of rotatable bonds is 3. The van der Waals surface area contributed by atoms with E-state index < -0.39 is 17.1 Å². The number of hydrogen-bond acceptors (Lipinski definition) is 3. The fourth-order valence-corrected chi connectivity index (χ4v) is 0.943. The summed E-state index contributed by atoms with van der Waals surface area (Å²) in [6, 6.07) is 0. The molecule has 0 aliphatic heterocycles. The number of aliphatic carboxylic acids is 1. The fraction of sp³-hybridized carbons (Fsp3) is 0.600. The molecule has 5 heteroatoms. The molecule has 1 aromatic heterocycles.